The molecule has 1 saturated carbocycles. The van der Waals surface area contributed by atoms with Crippen molar-refractivity contribution in [3.05, 3.63) is 30.3 Å². The first-order valence-corrected chi connectivity index (χ1v) is 5.27. The van der Waals surface area contributed by atoms with Gasteiger partial charge in [0, 0.05) is 12.6 Å². The van der Waals surface area contributed by atoms with Crippen LogP contribution < -0.4 is 10.1 Å². The van der Waals surface area contributed by atoms with E-state index in [4.69, 9.17) is 4.74 Å². The standard InChI is InChI=1S/C12H17NO/c1-10-9-12(10)13-7-8-14-11-5-3-2-4-6-11/h2-6,10,12-13H,7-9H2,1H3. The van der Waals surface area contributed by atoms with Gasteiger partial charge in [-0.25, -0.2) is 0 Å². The molecule has 1 fully saturated rings. The van der Waals surface area contributed by atoms with Crippen LogP contribution in [0.25, 0.3) is 0 Å². The number of hydrogen-bond acceptors (Lipinski definition) is 2. The van der Waals surface area contributed by atoms with Crippen LogP contribution in [0.2, 0.25) is 0 Å². The van der Waals surface area contributed by atoms with E-state index in [1.165, 1.54) is 6.42 Å². The van der Waals surface area contributed by atoms with Gasteiger partial charge < -0.3 is 10.1 Å². The lowest BCUT2D eigenvalue weighted by Crippen LogP contribution is -2.23. The summed E-state index contributed by atoms with van der Waals surface area (Å²) in [5.41, 5.74) is 0. The Kier molecular flexibility index (Phi) is 3.04. The van der Waals surface area contributed by atoms with E-state index in [1.807, 2.05) is 30.3 Å². The van der Waals surface area contributed by atoms with Gasteiger partial charge in [-0.15, -0.1) is 0 Å². The first kappa shape index (κ1) is 9.53. The summed E-state index contributed by atoms with van der Waals surface area (Å²) in [4.78, 5) is 0. The number of ether oxygens (including phenoxy) is 1. The molecule has 0 spiro atoms. The largest absolute Gasteiger partial charge is 0.492 e. The second-order valence-corrected chi connectivity index (χ2v) is 3.94. The Morgan fingerprint density at radius 3 is 2.71 bits per heavy atom. The van der Waals surface area contributed by atoms with Crippen LogP contribution in [0.5, 0.6) is 5.75 Å². The molecule has 1 aromatic rings. The summed E-state index contributed by atoms with van der Waals surface area (Å²) >= 11 is 0. The monoisotopic (exact) mass is 191 g/mol. The van der Waals surface area contributed by atoms with Crippen LogP contribution in [0.1, 0.15) is 13.3 Å². The lowest BCUT2D eigenvalue weighted by atomic mass is 10.3. The average molecular weight is 191 g/mol. The predicted molar refractivity (Wildman–Crippen MR) is 57.5 cm³/mol. The van der Waals surface area contributed by atoms with Gasteiger partial charge in [0.2, 0.25) is 0 Å². The van der Waals surface area contributed by atoms with Crippen molar-refractivity contribution in [1.82, 2.24) is 5.32 Å². The fourth-order valence-corrected chi connectivity index (χ4v) is 1.54. The molecule has 0 aliphatic heterocycles. The normalized spacial score (nSPS) is 24.6. The highest BCUT2D eigenvalue weighted by Gasteiger charge is 2.31. The van der Waals surface area contributed by atoms with E-state index in [2.05, 4.69) is 12.2 Å². The molecule has 0 aromatic heterocycles. The third kappa shape index (κ3) is 2.74. The molecule has 0 saturated heterocycles. The van der Waals surface area contributed by atoms with Crippen molar-refractivity contribution in [3.63, 3.8) is 0 Å². The van der Waals surface area contributed by atoms with Crippen LogP contribution in [-0.2, 0) is 0 Å². The summed E-state index contributed by atoms with van der Waals surface area (Å²) in [5.74, 6) is 1.82. The second-order valence-electron chi connectivity index (χ2n) is 3.94. The van der Waals surface area contributed by atoms with Crippen molar-refractivity contribution in [1.29, 1.82) is 0 Å². The Morgan fingerprint density at radius 1 is 1.36 bits per heavy atom. The molecule has 2 atom stereocenters. The summed E-state index contributed by atoms with van der Waals surface area (Å²) < 4.78 is 5.56. The highest BCUT2D eigenvalue weighted by Crippen LogP contribution is 2.28. The lowest BCUT2D eigenvalue weighted by molar-refractivity contribution is 0.312. The van der Waals surface area contributed by atoms with Gasteiger partial charge in [-0.1, -0.05) is 25.1 Å². The van der Waals surface area contributed by atoms with Gasteiger partial charge in [0.1, 0.15) is 12.4 Å². The van der Waals surface area contributed by atoms with E-state index < -0.39 is 0 Å². The number of hydrogen-bond donors (Lipinski definition) is 1. The molecule has 2 unspecified atom stereocenters. The highest BCUT2D eigenvalue weighted by atomic mass is 16.5. The van der Waals surface area contributed by atoms with Crippen LogP contribution in [-0.4, -0.2) is 19.2 Å². The topological polar surface area (TPSA) is 21.3 Å². The Balaban J connectivity index is 1.59. The molecule has 1 aliphatic rings. The van der Waals surface area contributed by atoms with Crippen LogP contribution in [0, 0.1) is 5.92 Å². The number of para-hydroxylation sites is 1. The third-order valence-corrected chi connectivity index (χ3v) is 2.63. The van der Waals surface area contributed by atoms with Gasteiger partial charge in [0.25, 0.3) is 0 Å². The fourth-order valence-electron chi connectivity index (χ4n) is 1.54. The number of rotatable bonds is 5. The summed E-state index contributed by atoms with van der Waals surface area (Å²) in [5, 5.41) is 3.45. The zero-order valence-electron chi connectivity index (χ0n) is 8.57. The second kappa shape index (κ2) is 4.47. The Morgan fingerprint density at radius 2 is 2.07 bits per heavy atom. The Hall–Kier alpha value is -1.02. The van der Waals surface area contributed by atoms with Crippen molar-refractivity contribution in [2.75, 3.05) is 13.2 Å². The maximum absolute atomic E-state index is 5.56. The molecule has 1 N–H and O–H groups in total. The quantitative estimate of drug-likeness (QED) is 0.719. The molecule has 2 rings (SSSR count). The minimum Gasteiger partial charge on any atom is -0.492 e. The van der Waals surface area contributed by atoms with Crippen molar-refractivity contribution in [2.24, 2.45) is 5.92 Å². The van der Waals surface area contributed by atoms with E-state index >= 15 is 0 Å². The lowest BCUT2D eigenvalue weighted by Gasteiger charge is -2.06. The molecule has 2 nitrogen and oxygen atoms in total. The maximum Gasteiger partial charge on any atom is 0.119 e. The molecule has 14 heavy (non-hydrogen) atoms. The van der Waals surface area contributed by atoms with Crippen molar-refractivity contribution >= 4 is 0 Å². The predicted octanol–water partition coefficient (Wildman–Crippen LogP) is 2.06. The molecule has 76 valence electrons. The number of nitrogens with one attached hydrogen (secondary N) is 1. The van der Waals surface area contributed by atoms with E-state index in [0.717, 1.165) is 30.9 Å². The van der Waals surface area contributed by atoms with Crippen molar-refractivity contribution < 1.29 is 4.74 Å². The van der Waals surface area contributed by atoms with Gasteiger partial charge >= 0.3 is 0 Å². The molecule has 0 amide bonds. The van der Waals surface area contributed by atoms with Crippen LogP contribution in [0.15, 0.2) is 30.3 Å². The smallest absolute Gasteiger partial charge is 0.119 e. The van der Waals surface area contributed by atoms with E-state index in [0.29, 0.717) is 0 Å². The van der Waals surface area contributed by atoms with E-state index in [1.54, 1.807) is 0 Å². The SMILES string of the molecule is CC1CC1NCCOc1ccccc1. The van der Waals surface area contributed by atoms with Gasteiger partial charge in [0.05, 0.1) is 0 Å². The maximum atomic E-state index is 5.56. The van der Waals surface area contributed by atoms with Crippen molar-refractivity contribution in [2.45, 2.75) is 19.4 Å². The summed E-state index contributed by atoms with van der Waals surface area (Å²) in [6, 6.07) is 10.7. The molecule has 1 aromatic carbocycles. The first-order valence-electron chi connectivity index (χ1n) is 5.27. The molecule has 0 heterocycles. The zero-order chi connectivity index (χ0) is 9.80. The Bertz CT molecular complexity index is 273. The molecular formula is C12H17NO. The molecule has 1 aliphatic carbocycles. The van der Waals surface area contributed by atoms with Gasteiger partial charge in [-0.2, -0.15) is 0 Å². The summed E-state index contributed by atoms with van der Waals surface area (Å²) in [6.45, 7) is 3.98. The third-order valence-electron chi connectivity index (χ3n) is 2.63. The summed E-state index contributed by atoms with van der Waals surface area (Å²) in [6.07, 6.45) is 1.32. The van der Waals surface area contributed by atoms with Crippen LogP contribution >= 0.6 is 0 Å². The van der Waals surface area contributed by atoms with Crippen LogP contribution in [0.4, 0.5) is 0 Å². The van der Waals surface area contributed by atoms with Crippen molar-refractivity contribution in [3.8, 4) is 5.75 Å². The van der Waals surface area contributed by atoms with Crippen LogP contribution in [0.3, 0.4) is 0 Å². The average Bonchev–Trinajstić information content (AvgIpc) is 2.91. The highest BCUT2D eigenvalue weighted by molar-refractivity contribution is 5.20. The molecule has 2 heteroatoms. The van der Waals surface area contributed by atoms with Gasteiger partial charge in [0.15, 0.2) is 0 Å². The minimum atomic E-state index is 0.745. The van der Waals surface area contributed by atoms with E-state index in [9.17, 15) is 0 Å². The molecular weight excluding hydrogens is 174 g/mol. The zero-order valence-corrected chi connectivity index (χ0v) is 8.57. The summed E-state index contributed by atoms with van der Waals surface area (Å²) in [7, 11) is 0. The molecule has 0 radical (unpaired) electrons. The Labute approximate surface area is 85.3 Å². The minimum absolute atomic E-state index is 0.745. The fraction of sp³-hybridized carbons (Fsp3) is 0.500. The van der Waals surface area contributed by atoms with Gasteiger partial charge in [-0.3, -0.25) is 0 Å². The van der Waals surface area contributed by atoms with Gasteiger partial charge in [-0.05, 0) is 24.5 Å². The van der Waals surface area contributed by atoms with E-state index in [-0.39, 0.29) is 0 Å². The number of benzene rings is 1. The molecule has 0 bridgehead atoms. The first-order chi connectivity index (χ1) is 6.86.